The van der Waals surface area contributed by atoms with Crippen molar-refractivity contribution in [3.8, 4) is 11.3 Å². The Morgan fingerprint density at radius 2 is 1.90 bits per heavy atom. The Balaban J connectivity index is 1.77. The van der Waals surface area contributed by atoms with Crippen molar-refractivity contribution >= 4 is 28.7 Å². The highest BCUT2D eigenvalue weighted by atomic mass is 35.5. The molecule has 3 aromatic rings. The number of hydrogen-bond donors (Lipinski definition) is 2. The van der Waals surface area contributed by atoms with Crippen LogP contribution in [0.2, 0.25) is 5.02 Å². The third kappa shape index (κ3) is 4.25. The Hall–Kier alpha value is -3.30. The number of hydrogen-bond acceptors (Lipinski definition) is 3. The molecule has 0 fully saturated rings. The SMILES string of the molecule is C=C(Nc1cc(C2=CCNC=C2)cc(-c2ccccc2Cl)n1)c1ccccc1C. The fraction of sp³-hybridized carbons (Fsp3) is 0.0800. The molecule has 29 heavy (non-hydrogen) atoms. The molecular formula is C25H22ClN3. The average molecular weight is 400 g/mol. The molecular weight excluding hydrogens is 378 g/mol. The van der Waals surface area contributed by atoms with Gasteiger partial charge in [0, 0.05) is 28.4 Å². The van der Waals surface area contributed by atoms with E-state index in [0.29, 0.717) is 5.02 Å². The number of dihydropyridines is 1. The molecule has 0 saturated heterocycles. The van der Waals surface area contributed by atoms with Crippen molar-refractivity contribution in [3.05, 3.63) is 107 Å². The number of nitrogens with zero attached hydrogens (tertiary/aromatic N) is 1. The van der Waals surface area contributed by atoms with Crippen LogP contribution in [-0.4, -0.2) is 11.5 Å². The number of rotatable bonds is 5. The molecule has 1 aliphatic rings. The van der Waals surface area contributed by atoms with Crippen LogP contribution in [0.3, 0.4) is 0 Å². The first kappa shape index (κ1) is 19.0. The van der Waals surface area contributed by atoms with E-state index >= 15 is 0 Å². The van der Waals surface area contributed by atoms with Gasteiger partial charge in [0.25, 0.3) is 0 Å². The second-order valence-corrected chi connectivity index (χ2v) is 7.33. The van der Waals surface area contributed by atoms with Gasteiger partial charge in [0.15, 0.2) is 0 Å². The molecule has 0 saturated carbocycles. The van der Waals surface area contributed by atoms with Gasteiger partial charge in [-0.1, -0.05) is 66.7 Å². The molecule has 4 rings (SSSR count). The highest BCUT2D eigenvalue weighted by Crippen LogP contribution is 2.31. The van der Waals surface area contributed by atoms with Gasteiger partial charge in [-0.2, -0.15) is 0 Å². The molecule has 3 nitrogen and oxygen atoms in total. The number of nitrogens with one attached hydrogen (secondary N) is 2. The van der Waals surface area contributed by atoms with Crippen LogP contribution in [0.4, 0.5) is 5.82 Å². The number of aryl methyl sites for hydroxylation is 1. The summed E-state index contributed by atoms with van der Waals surface area (Å²) in [6.07, 6.45) is 6.19. The summed E-state index contributed by atoms with van der Waals surface area (Å²) in [5.41, 5.74) is 6.99. The molecule has 0 radical (unpaired) electrons. The van der Waals surface area contributed by atoms with Gasteiger partial charge < -0.3 is 10.6 Å². The van der Waals surface area contributed by atoms with E-state index in [1.807, 2.05) is 48.7 Å². The first-order valence-corrected chi connectivity index (χ1v) is 9.89. The van der Waals surface area contributed by atoms with Crippen LogP contribution in [0.15, 0.2) is 85.6 Å². The summed E-state index contributed by atoms with van der Waals surface area (Å²) in [6.45, 7) is 7.10. The van der Waals surface area contributed by atoms with Crippen LogP contribution in [-0.2, 0) is 0 Å². The number of anilines is 1. The Bertz CT molecular complexity index is 1130. The van der Waals surface area contributed by atoms with Crippen molar-refractivity contribution in [1.82, 2.24) is 10.3 Å². The van der Waals surface area contributed by atoms with E-state index in [9.17, 15) is 0 Å². The number of benzene rings is 2. The Labute approximate surface area is 176 Å². The summed E-state index contributed by atoms with van der Waals surface area (Å²) in [6, 6.07) is 20.1. The molecule has 0 atom stereocenters. The highest BCUT2D eigenvalue weighted by Gasteiger charge is 2.12. The summed E-state index contributed by atoms with van der Waals surface area (Å²) in [5, 5.41) is 7.26. The fourth-order valence-corrected chi connectivity index (χ4v) is 3.60. The van der Waals surface area contributed by atoms with E-state index in [4.69, 9.17) is 16.6 Å². The molecule has 0 amide bonds. The van der Waals surface area contributed by atoms with Crippen molar-refractivity contribution in [2.75, 3.05) is 11.9 Å². The zero-order chi connectivity index (χ0) is 20.2. The average Bonchev–Trinajstić information content (AvgIpc) is 2.75. The van der Waals surface area contributed by atoms with Gasteiger partial charge in [0.05, 0.1) is 5.69 Å². The molecule has 2 N–H and O–H groups in total. The van der Waals surface area contributed by atoms with Crippen molar-refractivity contribution in [2.24, 2.45) is 0 Å². The Kier molecular flexibility index (Phi) is 5.50. The van der Waals surface area contributed by atoms with E-state index in [-0.39, 0.29) is 0 Å². The summed E-state index contributed by atoms with van der Waals surface area (Å²) in [4.78, 5) is 4.83. The molecule has 0 unspecified atom stereocenters. The minimum Gasteiger partial charge on any atom is -0.387 e. The second-order valence-electron chi connectivity index (χ2n) is 6.93. The van der Waals surface area contributed by atoms with Crippen LogP contribution in [0, 0.1) is 6.92 Å². The standard InChI is InChI=1S/C25H22ClN3/c1-17-7-3-4-8-21(17)18(2)28-25-16-20(19-11-13-27-14-12-19)15-24(29-25)22-9-5-6-10-23(22)26/h3-13,15-16,27H,2,14H2,1H3,(H,28,29). The van der Waals surface area contributed by atoms with E-state index in [0.717, 1.165) is 51.6 Å². The molecule has 2 aromatic carbocycles. The van der Waals surface area contributed by atoms with E-state index in [2.05, 4.69) is 54.5 Å². The van der Waals surface area contributed by atoms with Crippen LogP contribution >= 0.6 is 11.6 Å². The van der Waals surface area contributed by atoms with Crippen molar-refractivity contribution in [2.45, 2.75) is 6.92 Å². The maximum atomic E-state index is 6.46. The first-order chi connectivity index (χ1) is 14.1. The Morgan fingerprint density at radius 1 is 1.10 bits per heavy atom. The van der Waals surface area contributed by atoms with Gasteiger partial charge in [0.1, 0.15) is 5.82 Å². The van der Waals surface area contributed by atoms with Gasteiger partial charge in [-0.3, -0.25) is 0 Å². The molecule has 1 aliphatic heterocycles. The predicted octanol–water partition coefficient (Wildman–Crippen LogP) is 6.29. The van der Waals surface area contributed by atoms with Crippen LogP contribution in [0.25, 0.3) is 22.5 Å². The molecule has 0 aliphatic carbocycles. The second kappa shape index (κ2) is 8.38. The van der Waals surface area contributed by atoms with Crippen molar-refractivity contribution < 1.29 is 0 Å². The highest BCUT2D eigenvalue weighted by molar-refractivity contribution is 6.33. The lowest BCUT2D eigenvalue weighted by atomic mass is 10.0. The van der Waals surface area contributed by atoms with E-state index in [1.54, 1.807) is 0 Å². The van der Waals surface area contributed by atoms with Gasteiger partial charge in [-0.25, -0.2) is 4.98 Å². The number of pyridine rings is 1. The normalized spacial score (nSPS) is 12.8. The van der Waals surface area contributed by atoms with E-state index < -0.39 is 0 Å². The van der Waals surface area contributed by atoms with Crippen molar-refractivity contribution in [1.29, 1.82) is 0 Å². The lowest BCUT2D eigenvalue weighted by molar-refractivity contribution is 0.975. The lowest BCUT2D eigenvalue weighted by Crippen LogP contribution is -2.09. The topological polar surface area (TPSA) is 37.0 Å². The first-order valence-electron chi connectivity index (χ1n) is 9.51. The number of allylic oxidation sites excluding steroid dienone is 2. The number of aromatic nitrogens is 1. The third-order valence-corrected chi connectivity index (χ3v) is 5.21. The smallest absolute Gasteiger partial charge is 0.131 e. The molecule has 0 spiro atoms. The summed E-state index contributed by atoms with van der Waals surface area (Å²) >= 11 is 6.46. The largest absolute Gasteiger partial charge is 0.387 e. The maximum absolute atomic E-state index is 6.46. The number of halogens is 1. The molecule has 2 heterocycles. The molecule has 1 aromatic heterocycles. The van der Waals surface area contributed by atoms with Crippen LogP contribution in [0.1, 0.15) is 16.7 Å². The maximum Gasteiger partial charge on any atom is 0.131 e. The van der Waals surface area contributed by atoms with Crippen LogP contribution < -0.4 is 10.6 Å². The van der Waals surface area contributed by atoms with Crippen LogP contribution in [0.5, 0.6) is 0 Å². The third-order valence-electron chi connectivity index (χ3n) is 4.88. The fourth-order valence-electron chi connectivity index (χ4n) is 3.37. The lowest BCUT2D eigenvalue weighted by Gasteiger charge is -2.16. The van der Waals surface area contributed by atoms with Crippen molar-refractivity contribution in [3.63, 3.8) is 0 Å². The summed E-state index contributed by atoms with van der Waals surface area (Å²) in [5.74, 6) is 0.735. The minimum absolute atomic E-state index is 0.677. The quantitative estimate of drug-likeness (QED) is 0.529. The van der Waals surface area contributed by atoms with E-state index in [1.165, 1.54) is 0 Å². The Morgan fingerprint density at radius 3 is 2.66 bits per heavy atom. The van der Waals surface area contributed by atoms with Gasteiger partial charge in [-0.15, -0.1) is 0 Å². The van der Waals surface area contributed by atoms with Gasteiger partial charge in [0.2, 0.25) is 0 Å². The molecule has 4 heteroatoms. The monoisotopic (exact) mass is 399 g/mol. The molecule has 144 valence electrons. The summed E-state index contributed by atoms with van der Waals surface area (Å²) < 4.78 is 0. The van der Waals surface area contributed by atoms with Gasteiger partial charge >= 0.3 is 0 Å². The minimum atomic E-state index is 0.677. The predicted molar refractivity (Wildman–Crippen MR) is 124 cm³/mol. The zero-order valence-corrected chi connectivity index (χ0v) is 17.0. The zero-order valence-electron chi connectivity index (χ0n) is 16.2. The summed E-state index contributed by atoms with van der Waals surface area (Å²) in [7, 11) is 0. The van der Waals surface area contributed by atoms with Gasteiger partial charge in [-0.05, 0) is 54.1 Å². The molecule has 0 bridgehead atoms.